The molecule has 0 aromatic heterocycles. The lowest BCUT2D eigenvalue weighted by atomic mass is 9.87. The van der Waals surface area contributed by atoms with Crippen LogP contribution in [0.4, 0.5) is 0 Å². The molecule has 2 unspecified atom stereocenters. The van der Waals surface area contributed by atoms with E-state index in [9.17, 15) is 0 Å². The number of guanidine groups is 1. The molecule has 4 rings (SSSR count). The molecule has 1 aromatic rings. The van der Waals surface area contributed by atoms with Gasteiger partial charge in [0.15, 0.2) is 5.96 Å². The van der Waals surface area contributed by atoms with Crippen molar-refractivity contribution in [2.45, 2.75) is 65.1 Å². The van der Waals surface area contributed by atoms with Gasteiger partial charge in [-0.05, 0) is 57.2 Å². The number of halogens is 1. The van der Waals surface area contributed by atoms with Gasteiger partial charge in [0, 0.05) is 44.2 Å². The molecule has 0 amide bonds. The van der Waals surface area contributed by atoms with Gasteiger partial charge >= 0.3 is 0 Å². The molecule has 3 heterocycles. The average molecular weight is 527 g/mol. The lowest BCUT2D eigenvalue weighted by Crippen LogP contribution is -2.41. The summed E-state index contributed by atoms with van der Waals surface area (Å²) in [6.45, 7) is 12.5. The molecule has 6 heteroatoms. The van der Waals surface area contributed by atoms with Crippen LogP contribution in [0.15, 0.2) is 29.3 Å². The van der Waals surface area contributed by atoms with Crippen LogP contribution >= 0.6 is 24.0 Å². The number of aliphatic imine (C=N–C) groups is 1. The van der Waals surface area contributed by atoms with E-state index < -0.39 is 0 Å². The summed E-state index contributed by atoms with van der Waals surface area (Å²) in [7, 11) is 0. The highest BCUT2D eigenvalue weighted by Crippen LogP contribution is 2.38. The van der Waals surface area contributed by atoms with Crippen LogP contribution < -0.4 is 5.32 Å². The zero-order chi connectivity index (χ0) is 20.1. The number of nitrogens with zero attached hydrogens (tertiary/aromatic N) is 3. The van der Waals surface area contributed by atoms with Crippen molar-refractivity contribution in [2.24, 2.45) is 10.4 Å². The number of piperidine rings is 1. The van der Waals surface area contributed by atoms with E-state index in [4.69, 9.17) is 9.73 Å². The highest BCUT2D eigenvalue weighted by atomic mass is 127. The molecule has 30 heavy (non-hydrogen) atoms. The minimum Gasteiger partial charge on any atom is -0.381 e. The highest BCUT2D eigenvalue weighted by Gasteiger charge is 2.42. The second-order valence-corrected chi connectivity index (χ2v) is 9.28. The molecule has 0 aliphatic carbocycles. The maximum atomic E-state index is 5.68. The Morgan fingerprint density at radius 3 is 2.67 bits per heavy atom. The zero-order valence-electron chi connectivity index (χ0n) is 18.7. The van der Waals surface area contributed by atoms with Crippen molar-refractivity contribution in [1.82, 2.24) is 15.1 Å². The number of benzene rings is 1. The fourth-order valence-corrected chi connectivity index (χ4v) is 5.06. The number of ether oxygens (including phenoxy) is 1. The number of likely N-dealkylation sites (tertiary alicyclic amines) is 2. The Hall–Kier alpha value is -0.860. The molecule has 3 aliphatic heterocycles. The van der Waals surface area contributed by atoms with Gasteiger partial charge in [0.2, 0.25) is 0 Å². The van der Waals surface area contributed by atoms with Crippen LogP contribution in [0.5, 0.6) is 0 Å². The van der Waals surface area contributed by atoms with Crippen LogP contribution in [0.1, 0.15) is 57.1 Å². The summed E-state index contributed by atoms with van der Waals surface area (Å²) >= 11 is 0. The molecule has 5 nitrogen and oxygen atoms in total. The van der Waals surface area contributed by atoms with Gasteiger partial charge in [0.1, 0.15) is 0 Å². The first-order chi connectivity index (χ1) is 14.2. The third-order valence-corrected chi connectivity index (χ3v) is 7.02. The Morgan fingerprint density at radius 2 is 1.97 bits per heavy atom. The molecule has 1 spiro atoms. The first-order valence-corrected chi connectivity index (χ1v) is 11.6. The summed E-state index contributed by atoms with van der Waals surface area (Å²) in [5.41, 5.74) is 3.07. The molecule has 1 aromatic carbocycles. The molecule has 3 saturated heterocycles. The Morgan fingerprint density at radius 1 is 1.17 bits per heavy atom. The van der Waals surface area contributed by atoms with E-state index in [1.165, 1.54) is 49.8 Å². The number of rotatable bonds is 5. The van der Waals surface area contributed by atoms with Crippen molar-refractivity contribution in [2.75, 3.05) is 39.4 Å². The number of nitrogens with one attached hydrogen (secondary N) is 1. The van der Waals surface area contributed by atoms with Crippen molar-refractivity contribution >= 4 is 29.9 Å². The van der Waals surface area contributed by atoms with Crippen LogP contribution in [-0.4, -0.2) is 61.2 Å². The second kappa shape index (κ2) is 11.1. The molecule has 3 fully saturated rings. The summed E-state index contributed by atoms with van der Waals surface area (Å²) < 4.78 is 5.68. The molecular formula is C24H39IN4O. The number of hydrogen-bond donors (Lipinski definition) is 1. The lowest BCUT2D eigenvalue weighted by Gasteiger charge is -2.33. The van der Waals surface area contributed by atoms with Crippen LogP contribution in [0.2, 0.25) is 0 Å². The molecule has 2 atom stereocenters. The molecule has 3 aliphatic rings. The van der Waals surface area contributed by atoms with E-state index in [0.717, 1.165) is 51.9 Å². The van der Waals surface area contributed by atoms with E-state index in [1.807, 2.05) is 0 Å². The standard InChI is InChI=1S/C24H38N4O.HI/c1-3-25-23(28-14-11-24(18-28)12-15-29-19-24)26-16-21-7-9-22(10-8-21)17-27-13-5-4-6-20(27)2;/h7-10,20H,3-6,11-19H2,1-2H3,(H,25,26);1H. The summed E-state index contributed by atoms with van der Waals surface area (Å²) in [4.78, 5) is 10.0. The quantitative estimate of drug-likeness (QED) is 0.354. The molecule has 0 bridgehead atoms. The largest absolute Gasteiger partial charge is 0.381 e. The van der Waals surface area contributed by atoms with E-state index in [1.54, 1.807) is 0 Å². The number of hydrogen-bond acceptors (Lipinski definition) is 3. The molecule has 0 radical (unpaired) electrons. The third-order valence-electron chi connectivity index (χ3n) is 7.02. The Kier molecular flexibility index (Phi) is 8.83. The van der Waals surface area contributed by atoms with E-state index in [-0.39, 0.29) is 24.0 Å². The predicted octanol–water partition coefficient (Wildman–Crippen LogP) is 4.26. The van der Waals surface area contributed by atoms with E-state index in [0.29, 0.717) is 11.5 Å². The van der Waals surface area contributed by atoms with Gasteiger partial charge in [0.05, 0.1) is 13.2 Å². The Bertz CT molecular complexity index is 687. The topological polar surface area (TPSA) is 40.1 Å². The van der Waals surface area contributed by atoms with Crippen LogP contribution in [0.3, 0.4) is 0 Å². The van der Waals surface area contributed by atoms with Crippen LogP contribution in [0.25, 0.3) is 0 Å². The maximum Gasteiger partial charge on any atom is 0.194 e. The summed E-state index contributed by atoms with van der Waals surface area (Å²) in [5.74, 6) is 1.06. The fraction of sp³-hybridized carbons (Fsp3) is 0.708. The summed E-state index contributed by atoms with van der Waals surface area (Å²) in [6, 6.07) is 9.81. The smallest absolute Gasteiger partial charge is 0.194 e. The van der Waals surface area contributed by atoms with Gasteiger partial charge in [0.25, 0.3) is 0 Å². The Labute approximate surface area is 199 Å². The first-order valence-electron chi connectivity index (χ1n) is 11.6. The second-order valence-electron chi connectivity index (χ2n) is 9.28. The fourth-order valence-electron chi connectivity index (χ4n) is 5.06. The highest BCUT2D eigenvalue weighted by molar-refractivity contribution is 14.0. The first kappa shape index (κ1) is 23.8. The van der Waals surface area contributed by atoms with Crippen molar-refractivity contribution in [3.63, 3.8) is 0 Å². The van der Waals surface area contributed by atoms with Crippen molar-refractivity contribution in [3.8, 4) is 0 Å². The molecule has 1 N–H and O–H groups in total. The van der Waals surface area contributed by atoms with Gasteiger partial charge in [-0.3, -0.25) is 4.90 Å². The van der Waals surface area contributed by atoms with E-state index in [2.05, 4.69) is 53.2 Å². The molecule has 168 valence electrons. The van der Waals surface area contributed by atoms with Gasteiger partial charge in [-0.15, -0.1) is 24.0 Å². The monoisotopic (exact) mass is 526 g/mol. The minimum absolute atomic E-state index is 0. The van der Waals surface area contributed by atoms with Crippen molar-refractivity contribution < 1.29 is 4.74 Å². The average Bonchev–Trinajstić information content (AvgIpc) is 3.38. The predicted molar refractivity (Wildman–Crippen MR) is 134 cm³/mol. The van der Waals surface area contributed by atoms with Crippen molar-refractivity contribution in [1.29, 1.82) is 0 Å². The summed E-state index contributed by atoms with van der Waals surface area (Å²) in [6.07, 6.45) is 6.48. The molecular weight excluding hydrogens is 487 g/mol. The van der Waals surface area contributed by atoms with Crippen LogP contribution in [0, 0.1) is 5.41 Å². The summed E-state index contributed by atoms with van der Waals surface area (Å²) in [5, 5.41) is 3.50. The third kappa shape index (κ3) is 5.88. The molecule has 0 saturated carbocycles. The van der Waals surface area contributed by atoms with Gasteiger partial charge in [-0.25, -0.2) is 4.99 Å². The van der Waals surface area contributed by atoms with E-state index >= 15 is 0 Å². The normalized spacial score (nSPS) is 27.5. The van der Waals surface area contributed by atoms with Crippen LogP contribution in [-0.2, 0) is 17.8 Å². The maximum absolute atomic E-state index is 5.68. The Balaban J connectivity index is 0.00000256. The van der Waals surface area contributed by atoms with Gasteiger partial charge in [-0.2, -0.15) is 0 Å². The SMILES string of the molecule is CCNC(=NCc1ccc(CN2CCCCC2C)cc1)N1CCC2(CCOC2)C1.I. The van der Waals surface area contributed by atoms with Gasteiger partial charge in [-0.1, -0.05) is 30.7 Å². The van der Waals surface area contributed by atoms with Gasteiger partial charge < -0.3 is 15.0 Å². The lowest BCUT2D eigenvalue weighted by molar-refractivity contribution is 0.152. The minimum atomic E-state index is 0. The van der Waals surface area contributed by atoms with Crippen molar-refractivity contribution in [3.05, 3.63) is 35.4 Å². The zero-order valence-corrected chi connectivity index (χ0v) is 21.1.